The second-order valence-corrected chi connectivity index (χ2v) is 9.91. The van der Waals surface area contributed by atoms with Gasteiger partial charge in [0, 0.05) is 29.2 Å². The molecule has 0 radical (unpaired) electrons. The number of halogens is 2. The maximum absolute atomic E-state index is 12.7. The Morgan fingerprint density at radius 2 is 1.72 bits per heavy atom. The van der Waals surface area contributed by atoms with Gasteiger partial charge in [-0.25, -0.2) is 13.8 Å². The summed E-state index contributed by atoms with van der Waals surface area (Å²) in [6.07, 6.45) is 4.08. The Morgan fingerprint density at radius 1 is 1.03 bits per heavy atom. The SMILES string of the molecule is O=C(CNC(=O)c1ccc(S(=O)(=O)N2CCCCC2)cc1)NN=Cc1ccc(Cl)cc1Cl. The predicted octanol–water partition coefficient (Wildman–Crippen LogP) is 3.05. The van der Waals surface area contributed by atoms with Crippen LogP contribution in [0.25, 0.3) is 0 Å². The molecule has 0 aliphatic carbocycles. The first kappa shape index (κ1) is 24.2. The van der Waals surface area contributed by atoms with E-state index >= 15 is 0 Å². The molecule has 0 spiro atoms. The van der Waals surface area contributed by atoms with E-state index < -0.39 is 21.8 Å². The first-order valence-electron chi connectivity index (χ1n) is 9.93. The highest BCUT2D eigenvalue weighted by Crippen LogP contribution is 2.21. The summed E-state index contributed by atoms with van der Waals surface area (Å²) in [5.41, 5.74) is 3.10. The molecule has 32 heavy (non-hydrogen) atoms. The van der Waals surface area contributed by atoms with Crippen LogP contribution in [0.4, 0.5) is 0 Å². The topological polar surface area (TPSA) is 108 Å². The largest absolute Gasteiger partial charge is 0.343 e. The highest BCUT2D eigenvalue weighted by Gasteiger charge is 2.25. The lowest BCUT2D eigenvalue weighted by Crippen LogP contribution is -2.36. The van der Waals surface area contributed by atoms with Crippen molar-refractivity contribution >= 4 is 51.3 Å². The molecule has 0 saturated carbocycles. The summed E-state index contributed by atoms with van der Waals surface area (Å²) in [6, 6.07) is 10.5. The van der Waals surface area contributed by atoms with Crippen LogP contribution in [0.5, 0.6) is 0 Å². The fraction of sp³-hybridized carbons (Fsp3) is 0.286. The van der Waals surface area contributed by atoms with Crippen LogP contribution in [0.3, 0.4) is 0 Å². The van der Waals surface area contributed by atoms with Crippen LogP contribution in [0.1, 0.15) is 35.2 Å². The third-order valence-electron chi connectivity index (χ3n) is 4.83. The van der Waals surface area contributed by atoms with E-state index in [0.717, 1.165) is 19.3 Å². The van der Waals surface area contributed by atoms with E-state index in [1.165, 1.54) is 34.8 Å². The average molecular weight is 497 g/mol. The van der Waals surface area contributed by atoms with Gasteiger partial charge in [-0.2, -0.15) is 9.41 Å². The van der Waals surface area contributed by atoms with Crippen molar-refractivity contribution in [2.75, 3.05) is 19.6 Å². The van der Waals surface area contributed by atoms with Crippen LogP contribution in [0, 0.1) is 0 Å². The summed E-state index contributed by atoms with van der Waals surface area (Å²) in [4.78, 5) is 24.3. The minimum Gasteiger partial charge on any atom is -0.343 e. The second-order valence-electron chi connectivity index (χ2n) is 7.13. The zero-order chi connectivity index (χ0) is 23.1. The molecule has 0 atom stereocenters. The van der Waals surface area contributed by atoms with Crippen molar-refractivity contribution in [1.29, 1.82) is 0 Å². The number of amides is 2. The van der Waals surface area contributed by atoms with Crippen molar-refractivity contribution in [3.05, 3.63) is 63.6 Å². The molecular weight excluding hydrogens is 475 g/mol. The molecule has 2 aromatic carbocycles. The van der Waals surface area contributed by atoms with Gasteiger partial charge in [0.15, 0.2) is 0 Å². The fourth-order valence-electron chi connectivity index (χ4n) is 3.11. The van der Waals surface area contributed by atoms with Crippen LogP contribution >= 0.6 is 23.2 Å². The number of sulfonamides is 1. The number of nitrogens with zero attached hydrogens (tertiary/aromatic N) is 2. The number of hydrazone groups is 1. The minimum absolute atomic E-state index is 0.142. The van der Waals surface area contributed by atoms with E-state index in [9.17, 15) is 18.0 Å². The summed E-state index contributed by atoms with van der Waals surface area (Å²) < 4.78 is 26.8. The van der Waals surface area contributed by atoms with Gasteiger partial charge in [0.2, 0.25) is 10.0 Å². The molecule has 1 saturated heterocycles. The van der Waals surface area contributed by atoms with Gasteiger partial charge < -0.3 is 5.32 Å². The average Bonchev–Trinajstić information content (AvgIpc) is 2.79. The van der Waals surface area contributed by atoms with E-state index in [2.05, 4.69) is 15.8 Å². The van der Waals surface area contributed by atoms with Gasteiger partial charge >= 0.3 is 0 Å². The number of hydrogen-bond donors (Lipinski definition) is 2. The quantitative estimate of drug-likeness (QED) is 0.453. The number of hydrogen-bond acceptors (Lipinski definition) is 5. The first-order valence-corrected chi connectivity index (χ1v) is 12.1. The Hall–Kier alpha value is -2.46. The molecule has 1 aliphatic rings. The Labute approximate surface area is 196 Å². The summed E-state index contributed by atoms with van der Waals surface area (Å²) in [7, 11) is -3.56. The van der Waals surface area contributed by atoms with Gasteiger partial charge in [0.1, 0.15) is 0 Å². The summed E-state index contributed by atoms with van der Waals surface area (Å²) >= 11 is 11.8. The lowest BCUT2D eigenvalue weighted by Gasteiger charge is -2.25. The molecule has 0 bridgehead atoms. The van der Waals surface area contributed by atoms with Crippen molar-refractivity contribution in [3.8, 4) is 0 Å². The smallest absolute Gasteiger partial charge is 0.259 e. The Balaban J connectivity index is 1.51. The van der Waals surface area contributed by atoms with Crippen LogP contribution in [0.2, 0.25) is 10.0 Å². The third kappa shape index (κ3) is 6.29. The molecule has 11 heteroatoms. The number of carbonyl (C=O) groups is 2. The van der Waals surface area contributed by atoms with Gasteiger partial charge in [-0.3, -0.25) is 9.59 Å². The summed E-state index contributed by atoms with van der Waals surface area (Å²) in [5, 5.41) is 7.12. The molecule has 1 fully saturated rings. The van der Waals surface area contributed by atoms with Crippen molar-refractivity contribution in [2.45, 2.75) is 24.2 Å². The monoisotopic (exact) mass is 496 g/mol. The summed E-state index contributed by atoms with van der Waals surface area (Å²) in [5.74, 6) is -1.05. The normalized spacial score (nSPS) is 14.9. The maximum Gasteiger partial charge on any atom is 0.259 e. The zero-order valence-corrected chi connectivity index (χ0v) is 19.4. The van der Waals surface area contributed by atoms with E-state index in [1.807, 2.05) is 0 Å². The number of benzene rings is 2. The Kier molecular flexibility index (Phi) is 8.25. The molecule has 2 amide bonds. The predicted molar refractivity (Wildman–Crippen MR) is 124 cm³/mol. The number of nitrogens with one attached hydrogen (secondary N) is 2. The van der Waals surface area contributed by atoms with Crippen molar-refractivity contribution < 1.29 is 18.0 Å². The van der Waals surface area contributed by atoms with Crippen molar-refractivity contribution in [1.82, 2.24) is 15.0 Å². The Bertz CT molecular complexity index is 1120. The molecule has 2 N–H and O–H groups in total. The van der Waals surface area contributed by atoms with E-state index in [1.54, 1.807) is 18.2 Å². The van der Waals surface area contributed by atoms with E-state index in [0.29, 0.717) is 28.7 Å². The number of rotatable bonds is 7. The molecule has 2 aromatic rings. The van der Waals surface area contributed by atoms with Gasteiger partial charge in [0.05, 0.1) is 22.7 Å². The van der Waals surface area contributed by atoms with Crippen molar-refractivity contribution in [2.24, 2.45) is 5.10 Å². The molecule has 0 aromatic heterocycles. The van der Waals surface area contributed by atoms with E-state index in [-0.39, 0.29) is 17.0 Å². The van der Waals surface area contributed by atoms with Gasteiger partial charge in [-0.15, -0.1) is 0 Å². The standard InChI is InChI=1S/C21H22Cl2N4O4S/c22-17-7-4-16(19(23)12-17)13-25-26-20(28)14-24-21(29)15-5-8-18(9-6-15)32(30,31)27-10-2-1-3-11-27/h4-9,12-13H,1-3,10-11,14H2,(H,24,29)(H,26,28). The first-order chi connectivity index (χ1) is 15.3. The van der Waals surface area contributed by atoms with Crippen LogP contribution in [-0.4, -0.2) is 50.4 Å². The fourth-order valence-corrected chi connectivity index (χ4v) is 5.09. The molecule has 1 aliphatic heterocycles. The lowest BCUT2D eigenvalue weighted by molar-refractivity contribution is -0.120. The summed E-state index contributed by atoms with van der Waals surface area (Å²) in [6.45, 7) is 0.705. The highest BCUT2D eigenvalue weighted by molar-refractivity contribution is 7.89. The van der Waals surface area contributed by atoms with Gasteiger partial charge in [0.25, 0.3) is 11.8 Å². The molecular formula is C21H22Cl2N4O4S. The molecule has 8 nitrogen and oxygen atoms in total. The molecule has 170 valence electrons. The number of piperidine rings is 1. The van der Waals surface area contributed by atoms with Crippen LogP contribution < -0.4 is 10.7 Å². The molecule has 3 rings (SSSR count). The number of carbonyl (C=O) groups excluding carboxylic acids is 2. The Morgan fingerprint density at radius 3 is 2.38 bits per heavy atom. The van der Waals surface area contributed by atoms with Crippen LogP contribution in [-0.2, 0) is 14.8 Å². The molecule has 0 unspecified atom stereocenters. The van der Waals surface area contributed by atoms with Crippen LogP contribution in [0.15, 0.2) is 52.5 Å². The maximum atomic E-state index is 12.7. The third-order valence-corrected chi connectivity index (χ3v) is 7.31. The van der Waals surface area contributed by atoms with Crippen molar-refractivity contribution in [3.63, 3.8) is 0 Å². The second kappa shape index (κ2) is 10.9. The zero-order valence-electron chi connectivity index (χ0n) is 17.1. The van der Waals surface area contributed by atoms with E-state index in [4.69, 9.17) is 23.2 Å². The van der Waals surface area contributed by atoms with Gasteiger partial charge in [-0.05, 0) is 49.2 Å². The lowest BCUT2D eigenvalue weighted by atomic mass is 10.2. The molecule has 1 heterocycles. The minimum atomic E-state index is -3.56. The highest BCUT2D eigenvalue weighted by atomic mass is 35.5. The van der Waals surface area contributed by atoms with Gasteiger partial charge in [-0.1, -0.05) is 35.7 Å².